The Morgan fingerprint density at radius 2 is 2.24 bits per heavy atom. The summed E-state index contributed by atoms with van der Waals surface area (Å²) in [5.74, 6) is -3.88. The number of aryl methyl sites for hydroxylation is 1. The number of carboxylic acids is 1. The van der Waals surface area contributed by atoms with Crippen LogP contribution < -0.4 is 9.50 Å². The summed E-state index contributed by atoms with van der Waals surface area (Å²) in [6.45, 7) is 0. The number of aliphatic carboxylic acids is 1. The molecule has 38 heavy (non-hydrogen) atoms. The number of methoxy groups -OCH3 is 1. The van der Waals surface area contributed by atoms with Gasteiger partial charge in [-0.25, -0.2) is 9.48 Å². The van der Waals surface area contributed by atoms with Gasteiger partial charge in [0.15, 0.2) is 5.75 Å². The topological polar surface area (TPSA) is 233 Å². The van der Waals surface area contributed by atoms with Gasteiger partial charge in [-0.15, -0.1) is 16.9 Å². The molecule has 2 aliphatic rings. The van der Waals surface area contributed by atoms with Gasteiger partial charge in [0.05, 0.1) is 12.5 Å². The lowest BCUT2D eigenvalue weighted by molar-refractivity contribution is -0.192. The van der Waals surface area contributed by atoms with E-state index in [-0.39, 0.29) is 23.0 Å². The summed E-state index contributed by atoms with van der Waals surface area (Å²) in [4.78, 5) is 39.1. The molecule has 2 aromatic rings. The smallest absolute Gasteiger partial charge is 0.352 e. The van der Waals surface area contributed by atoms with Crippen LogP contribution in [0.1, 0.15) is 5.76 Å². The molecule has 2 aliphatic heterocycles. The maximum atomic E-state index is 13.2. The second-order valence-electron chi connectivity index (χ2n) is 7.71. The van der Waals surface area contributed by atoms with E-state index in [0.717, 1.165) is 11.0 Å². The first-order chi connectivity index (χ1) is 18.0. The highest BCUT2D eigenvalue weighted by Gasteiger charge is 2.66. The zero-order chi connectivity index (χ0) is 27.7. The maximum Gasteiger partial charge on any atom is 0.352 e. The minimum absolute atomic E-state index is 0.0977. The van der Waals surface area contributed by atoms with Gasteiger partial charge in [-0.1, -0.05) is 11.8 Å². The van der Waals surface area contributed by atoms with E-state index >= 15 is 0 Å². The first-order valence-corrected chi connectivity index (χ1v) is 14.0. The average Bonchev–Trinajstić information content (AvgIpc) is 3.47. The summed E-state index contributed by atoms with van der Waals surface area (Å²) in [6.07, 6.45) is -0.473. The lowest BCUT2D eigenvalue weighted by Gasteiger charge is -2.55. The van der Waals surface area contributed by atoms with Crippen molar-refractivity contribution in [2.24, 2.45) is 7.05 Å². The fraction of sp³-hybridized carbons (Fsp3) is 0.444. The number of nitriles is 1. The van der Waals surface area contributed by atoms with Crippen molar-refractivity contribution >= 4 is 51.4 Å². The molecular formula is C18H18N8O9S3. The molecule has 20 heteroatoms. The Labute approximate surface area is 222 Å². The van der Waals surface area contributed by atoms with E-state index < -0.39 is 57.1 Å². The van der Waals surface area contributed by atoms with E-state index in [0.29, 0.717) is 10.7 Å². The molecule has 0 spiro atoms. The molecular weight excluding hydrogens is 568 g/mol. The van der Waals surface area contributed by atoms with Crippen LogP contribution in [0, 0.1) is 11.3 Å². The van der Waals surface area contributed by atoms with Crippen LogP contribution in [0.15, 0.2) is 27.0 Å². The summed E-state index contributed by atoms with van der Waals surface area (Å²) in [5.41, 5.74) is -1.58. The number of ether oxygens (including phenoxy) is 1. The molecule has 17 nitrogen and oxygen atoms in total. The number of fused-ring (bicyclic) bond motifs is 1. The number of thioether (sulfide) groups is 2. The third-order valence-electron chi connectivity index (χ3n) is 5.24. The largest absolute Gasteiger partial charge is 0.477 e. The fourth-order valence-corrected chi connectivity index (χ4v) is 6.60. The van der Waals surface area contributed by atoms with Crippen LogP contribution in [0.3, 0.4) is 0 Å². The highest BCUT2D eigenvalue weighted by atomic mass is 32.2. The first-order valence-electron chi connectivity index (χ1n) is 10.4. The van der Waals surface area contributed by atoms with Crippen LogP contribution in [0.2, 0.25) is 0 Å². The van der Waals surface area contributed by atoms with Crippen LogP contribution in [0.4, 0.5) is 0 Å². The van der Waals surface area contributed by atoms with E-state index in [4.69, 9.17) is 14.5 Å². The van der Waals surface area contributed by atoms with E-state index in [1.165, 1.54) is 41.4 Å². The number of β-lactam (4-membered cyclic amide) rings is 1. The summed E-state index contributed by atoms with van der Waals surface area (Å²) in [7, 11) is -1.37. The molecule has 202 valence electrons. The Bertz CT molecular complexity index is 1460. The minimum Gasteiger partial charge on any atom is -0.477 e. The number of carbonyl (C=O) groups excluding carboxylic acids is 2. The van der Waals surface area contributed by atoms with Gasteiger partial charge in [0, 0.05) is 31.7 Å². The normalized spacial score (nSPS) is 20.9. The number of hydrogen-bond donors (Lipinski definition) is 2. The molecule has 0 radical (unpaired) electrons. The van der Waals surface area contributed by atoms with Gasteiger partial charge < -0.3 is 23.9 Å². The molecule has 2 amide bonds. The molecule has 0 unspecified atom stereocenters. The van der Waals surface area contributed by atoms with Crippen LogP contribution in [-0.2, 0) is 42.7 Å². The number of carbonyl (C=O) groups is 3. The molecule has 0 aliphatic carbocycles. The predicted molar refractivity (Wildman–Crippen MR) is 125 cm³/mol. The van der Waals surface area contributed by atoms with Crippen molar-refractivity contribution in [1.29, 1.82) is 5.26 Å². The summed E-state index contributed by atoms with van der Waals surface area (Å²) in [5, 5.41) is 34.9. The molecule has 0 aromatic carbocycles. The van der Waals surface area contributed by atoms with Crippen LogP contribution in [0.5, 0.6) is 5.88 Å². The lowest BCUT2D eigenvalue weighted by Crippen LogP contribution is -2.80. The Kier molecular flexibility index (Phi) is 7.63. The van der Waals surface area contributed by atoms with Crippen molar-refractivity contribution in [2.45, 2.75) is 22.7 Å². The van der Waals surface area contributed by atoms with E-state index in [9.17, 15) is 27.9 Å². The number of tetrazole rings is 1. The van der Waals surface area contributed by atoms with E-state index in [1.54, 1.807) is 7.05 Å². The van der Waals surface area contributed by atoms with E-state index in [2.05, 4.69) is 30.2 Å². The van der Waals surface area contributed by atoms with Gasteiger partial charge >= 0.3 is 16.1 Å². The highest BCUT2D eigenvalue weighted by molar-refractivity contribution is 8.01. The lowest BCUT2D eigenvalue weighted by atomic mass is 9.98. The molecule has 0 saturated carbocycles. The number of hydrogen-bond acceptors (Lipinski definition) is 15. The second-order valence-corrected chi connectivity index (χ2v) is 11.3. The Hall–Kier alpha value is -3.67. The summed E-state index contributed by atoms with van der Waals surface area (Å²) in [6, 6.07) is 2.47. The van der Waals surface area contributed by atoms with Crippen molar-refractivity contribution in [2.75, 3.05) is 24.4 Å². The number of nitrogens with one attached hydrogen (secondary N) is 1. The Morgan fingerprint density at radius 3 is 2.87 bits per heavy atom. The molecule has 2 aromatic heterocycles. The molecule has 2 N–H and O–H groups in total. The van der Waals surface area contributed by atoms with Gasteiger partial charge in [-0.05, 0) is 21.2 Å². The number of nitrogens with zero attached hydrogens (tertiary/aromatic N) is 7. The SMILES string of the molecule is CO[C@@]1(NC(=O)Cc2cc(OS(=O)(=O)CC#N)no2)C(=O)N2C(C(=O)O)=C(CSc3nnnn3C)CS[C@H]21. The molecule has 4 heterocycles. The number of aromatic nitrogens is 5. The third-order valence-corrected chi connectivity index (χ3v) is 8.62. The van der Waals surface area contributed by atoms with Crippen molar-refractivity contribution in [3.8, 4) is 11.9 Å². The number of carboxylic acid groups (broad SMARTS) is 1. The average molecular weight is 587 g/mol. The van der Waals surface area contributed by atoms with E-state index in [1.807, 2.05) is 0 Å². The quantitative estimate of drug-likeness (QED) is 0.132. The highest BCUT2D eigenvalue weighted by Crippen LogP contribution is 2.47. The van der Waals surface area contributed by atoms with Crippen molar-refractivity contribution in [3.05, 3.63) is 23.1 Å². The standard InChI is InChI=1S/C18H18N8O9S3/c1-25-17(21-23-24-25)37-8-9-7-36-16-18(33-2,15(30)26(16)13(9)14(28)29)20-11(27)5-10-6-12(22-34-10)35-38(31,32)4-3-19/h6,16H,4-5,7-8H2,1-2H3,(H,20,27)(H,28,29)/t16-,18-/m0/s1. The molecule has 0 bridgehead atoms. The predicted octanol–water partition coefficient (Wildman–Crippen LogP) is -1.52. The summed E-state index contributed by atoms with van der Waals surface area (Å²) >= 11 is 2.41. The maximum absolute atomic E-state index is 13.2. The zero-order valence-corrected chi connectivity index (χ0v) is 22.0. The van der Waals surface area contributed by atoms with Gasteiger partial charge in [0.25, 0.3) is 17.5 Å². The Morgan fingerprint density at radius 1 is 1.47 bits per heavy atom. The van der Waals surface area contributed by atoms with Crippen molar-refractivity contribution in [3.63, 3.8) is 0 Å². The van der Waals surface area contributed by atoms with Crippen LogP contribution in [0.25, 0.3) is 0 Å². The molecule has 1 saturated heterocycles. The van der Waals surface area contributed by atoms with Crippen LogP contribution >= 0.6 is 23.5 Å². The van der Waals surface area contributed by atoms with Gasteiger partial charge in [-0.2, -0.15) is 13.7 Å². The van der Waals surface area contributed by atoms with Gasteiger partial charge in [0.2, 0.25) is 11.1 Å². The molecule has 4 rings (SSSR count). The molecule has 2 atom stereocenters. The monoisotopic (exact) mass is 586 g/mol. The van der Waals surface area contributed by atoms with Gasteiger partial charge in [0.1, 0.15) is 16.8 Å². The summed E-state index contributed by atoms with van der Waals surface area (Å²) < 4.78 is 39.4. The van der Waals surface area contributed by atoms with Crippen LogP contribution in [-0.4, -0.2) is 97.0 Å². The third kappa shape index (κ3) is 5.17. The second kappa shape index (κ2) is 10.6. The minimum atomic E-state index is -4.21. The fourth-order valence-electron chi connectivity index (χ4n) is 3.61. The first kappa shape index (κ1) is 27.4. The molecule has 1 fully saturated rings. The van der Waals surface area contributed by atoms with Gasteiger partial charge in [-0.3, -0.25) is 14.5 Å². The number of amides is 2. The Balaban J connectivity index is 1.46. The van der Waals surface area contributed by atoms with Crippen molar-refractivity contribution < 1.29 is 41.4 Å². The number of rotatable bonds is 11. The zero-order valence-electron chi connectivity index (χ0n) is 19.6. The van der Waals surface area contributed by atoms with Crippen molar-refractivity contribution in [1.82, 2.24) is 35.6 Å².